The van der Waals surface area contributed by atoms with Crippen molar-refractivity contribution in [1.82, 2.24) is 0 Å². The van der Waals surface area contributed by atoms with E-state index in [1.807, 2.05) is 13.8 Å². The summed E-state index contributed by atoms with van der Waals surface area (Å²) >= 11 is 0. The lowest BCUT2D eigenvalue weighted by molar-refractivity contribution is -0.159. The Kier molecular flexibility index (Phi) is 4.12. The highest BCUT2D eigenvalue weighted by molar-refractivity contribution is 5.85. The molecule has 16 heavy (non-hydrogen) atoms. The van der Waals surface area contributed by atoms with Gasteiger partial charge in [0.1, 0.15) is 11.4 Å². The first-order chi connectivity index (χ1) is 7.49. The molecular formula is C13H18O3. The number of carbonyl (C=O) groups is 2. The highest BCUT2D eigenvalue weighted by Gasteiger charge is 2.46. The fraction of sp³-hybridized carbons (Fsp3) is 0.692. The van der Waals surface area contributed by atoms with Gasteiger partial charge in [-0.25, -0.2) is 0 Å². The summed E-state index contributed by atoms with van der Waals surface area (Å²) in [6.07, 6.45) is 2.38. The number of Topliss-reactive ketones (excluding diaryl/α,β-unsaturated/α-hetero) is 1. The van der Waals surface area contributed by atoms with Crippen molar-refractivity contribution in [2.75, 3.05) is 0 Å². The molecule has 0 amide bonds. The first-order valence-corrected chi connectivity index (χ1v) is 5.67. The van der Waals surface area contributed by atoms with Gasteiger partial charge in [0, 0.05) is 26.2 Å². The third-order valence-electron chi connectivity index (χ3n) is 2.98. The quantitative estimate of drug-likeness (QED) is 0.530. The molecular weight excluding hydrogens is 204 g/mol. The van der Waals surface area contributed by atoms with Gasteiger partial charge in [-0.3, -0.25) is 9.59 Å². The Labute approximate surface area is 96.5 Å². The molecule has 1 fully saturated rings. The van der Waals surface area contributed by atoms with E-state index in [1.165, 1.54) is 6.92 Å². The number of rotatable bonds is 2. The number of ketones is 1. The van der Waals surface area contributed by atoms with E-state index in [2.05, 4.69) is 11.8 Å². The maximum atomic E-state index is 11.7. The van der Waals surface area contributed by atoms with Gasteiger partial charge in [-0.2, -0.15) is 0 Å². The lowest BCUT2D eigenvalue weighted by atomic mass is 9.89. The topological polar surface area (TPSA) is 43.4 Å². The molecule has 0 aromatic rings. The molecule has 1 aliphatic carbocycles. The van der Waals surface area contributed by atoms with Crippen LogP contribution in [0.25, 0.3) is 0 Å². The molecule has 0 saturated heterocycles. The molecule has 1 aliphatic rings. The molecule has 0 bridgehead atoms. The van der Waals surface area contributed by atoms with E-state index < -0.39 is 5.60 Å². The van der Waals surface area contributed by atoms with Crippen LogP contribution in [-0.4, -0.2) is 17.4 Å². The van der Waals surface area contributed by atoms with Crippen LogP contribution in [0.1, 0.15) is 46.5 Å². The highest BCUT2D eigenvalue weighted by Crippen LogP contribution is 2.38. The van der Waals surface area contributed by atoms with Gasteiger partial charge in [0.05, 0.1) is 5.92 Å². The molecule has 0 spiro atoms. The second-order valence-electron chi connectivity index (χ2n) is 4.34. The number of hydrogen-bond acceptors (Lipinski definition) is 3. The van der Waals surface area contributed by atoms with Crippen LogP contribution in [0.3, 0.4) is 0 Å². The van der Waals surface area contributed by atoms with Gasteiger partial charge >= 0.3 is 5.97 Å². The zero-order chi connectivity index (χ0) is 12.2. The third kappa shape index (κ3) is 2.85. The molecule has 0 N–H and O–H groups in total. The van der Waals surface area contributed by atoms with Gasteiger partial charge in [0.15, 0.2) is 0 Å². The standard InChI is InChI=1S/C13H18O3/c1-4-5-6-7-11-12(15)8-9-13(11,3)16-10(2)14/h11H,4,7-9H2,1-3H3. The van der Waals surface area contributed by atoms with Crippen LogP contribution in [0.4, 0.5) is 0 Å². The van der Waals surface area contributed by atoms with E-state index >= 15 is 0 Å². The summed E-state index contributed by atoms with van der Waals surface area (Å²) in [7, 11) is 0. The molecule has 1 rings (SSSR count). The van der Waals surface area contributed by atoms with Gasteiger partial charge in [-0.15, -0.1) is 11.8 Å². The Morgan fingerprint density at radius 3 is 2.81 bits per heavy atom. The number of carbonyl (C=O) groups excluding carboxylic acids is 2. The minimum atomic E-state index is -0.647. The maximum Gasteiger partial charge on any atom is 0.303 e. The van der Waals surface area contributed by atoms with Crippen molar-refractivity contribution in [1.29, 1.82) is 0 Å². The van der Waals surface area contributed by atoms with E-state index in [9.17, 15) is 9.59 Å². The van der Waals surface area contributed by atoms with Gasteiger partial charge in [-0.05, 0) is 13.3 Å². The zero-order valence-electron chi connectivity index (χ0n) is 10.1. The summed E-state index contributed by atoms with van der Waals surface area (Å²) in [6, 6.07) is 0. The highest BCUT2D eigenvalue weighted by atomic mass is 16.6. The van der Waals surface area contributed by atoms with Crippen LogP contribution >= 0.6 is 0 Å². The smallest absolute Gasteiger partial charge is 0.303 e. The van der Waals surface area contributed by atoms with Crippen molar-refractivity contribution in [3.63, 3.8) is 0 Å². The lowest BCUT2D eigenvalue weighted by Crippen LogP contribution is -2.36. The van der Waals surface area contributed by atoms with E-state index in [4.69, 9.17) is 4.74 Å². The molecule has 2 unspecified atom stereocenters. The average molecular weight is 222 g/mol. The Morgan fingerprint density at radius 2 is 2.25 bits per heavy atom. The van der Waals surface area contributed by atoms with Gasteiger partial charge in [-0.1, -0.05) is 6.92 Å². The number of ether oxygens (including phenoxy) is 1. The fourth-order valence-corrected chi connectivity index (χ4v) is 2.14. The van der Waals surface area contributed by atoms with Crippen LogP contribution in [-0.2, 0) is 14.3 Å². The lowest BCUT2D eigenvalue weighted by Gasteiger charge is -2.28. The average Bonchev–Trinajstić information content (AvgIpc) is 2.44. The minimum absolute atomic E-state index is 0.161. The molecule has 1 saturated carbocycles. The molecule has 3 nitrogen and oxygen atoms in total. The molecule has 0 aliphatic heterocycles. The second-order valence-corrected chi connectivity index (χ2v) is 4.34. The van der Waals surface area contributed by atoms with Crippen LogP contribution in [0, 0.1) is 17.8 Å². The van der Waals surface area contributed by atoms with E-state index in [1.54, 1.807) is 0 Å². The van der Waals surface area contributed by atoms with Gasteiger partial charge in [0.25, 0.3) is 0 Å². The normalized spacial score (nSPS) is 28.4. The third-order valence-corrected chi connectivity index (χ3v) is 2.98. The summed E-state index contributed by atoms with van der Waals surface area (Å²) in [5.74, 6) is 5.50. The number of esters is 1. The molecule has 88 valence electrons. The summed E-state index contributed by atoms with van der Waals surface area (Å²) < 4.78 is 5.28. The molecule has 0 heterocycles. The van der Waals surface area contributed by atoms with Crippen molar-refractivity contribution >= 4 is 11.8 Å². The first kappa shape index (κ1) is 12.8. The van der Waals surface area contributed by atoms with E-state index in [0.717, 1.165) is 6.42 Å². The van der Waals surface area contributed by atoms with Crippen LogP contribution in [0.15, 0.2) is 0 Å². The first-order valence-electron chi connectivity index (χ1n) is 5.67. The van der Waals surface area contributed by atoms with Gasteiger partial charge in [0.2, 0.25) is 0 Å². The minimum Gasteiger partial charge on any atom is -0.459 e. The summed E-state index contributed by atoms with van der Waals surface area (Å²) in [5, 5.41) is 0. The van der Waals surface area contributed by atoms with Crippen molar-refractivity contribution in [3.05, 3.63) is 0 Å². The van der Waals surface area contributed by atoms with Crippen molar-refractivity contribution in [2.24, 2.45) is 5.92 Å². The van der Waals surface area contributed by atoms with Crippen molar-refractivity contribution in [3.8, 4) is 11.8 Å². The molecule has 2 atom stereocenters. The van der Waals surface area contributed by atoms with Crippen molar-refractivity contribution < 1.29 is 14.3 Å². The molecule has 0 radical (unpaired) electrons. The summed E-state index contributed by atoms with van der Waals surface area (Å²) in [6.45, 7) is 5.18. The van der Waals surface area contributed by atoms with E-state index in [0.29, 0.717) is 19.3 Å². The van der Waals surface area contributed by atoms with Crippen LogP contribution in [0.2, 0.25) is 0 Å². The Hall–Kier alpha value is -1.30. The fourth-order valence-electron chi connectivity index (χ4n) is 2.14. The molecule has 0 aromatic heterocycles. The Balaban J connectivity index is 2.76. The molecule has 3 heteroatoms. The van der Waals surface area contributed by atoms with E-state index in [-0.39, 0.29) is 17.7 Å². The molecule has 0 aromatic carbocycles. The monoisotopic (exact) mass is 222 g/mol. The zero-order valence-corrected chi connectivity index (χ0v) is 10.1. The van der Waals surface area contributed by atoms with Crippen molar-refractivity contribution in [2.45, 2.75) is 52.1 Å². The van der Waals surface area contributed by atoms with Crippen LogP contribution in [0.5, 0.6) is 0 Å². The summed E-state index contributed by atoms with van der Waals surface area (Å²) in [4.78, 5) is 22.7. The van der Waals surface area contributed by atoms with Crippen LogP contribution < -0.4 is 0 Å². The summed E-state index contributed by atoms with van der Waals surface area (Å²) in [5.41, 5.74) is -0.647. The second kappa shape index (κ2) is 5.16. The maximum absolute atomic E-state index is 11.7. The predicted molar refractivity (Wildman–Crippen MR) is 60.6 cm³/mol. The Morgan fingerprint density at radius 1 is 1.56 bits per heavy atom. The number of hydrogen-bond donors (Lipinski definition) is 0. The SMILES string of the molecule is CCC#CCC1C(=O)CCC1(C)OC(C)=O. The predicted octanol–water partition coefficient (Wildman–Crippen LogP) is 2.09. The van der Waals surface area contributed by atoms with Gasteiger partial charge < -0.3 is 4.74 Å². The Bertz CT molecular complexity index is 348. The largest absolute Gasteiger partial charge is 0.459 e.